The Kier molecular flexibility index (Phi) is 6.05. The Morgan fingerprint density at radius 1 is 1.00 bits per heavy atom. The predicted octanol–water partition coefficient (Wildman–Crippen LogP) is 4.76. The van der Waals surface area contributed by atoms with Crippen molar-refractivity contribution in [3.63, 3.8) is 0 Å². The van der Waals surface area contributed by atoms with Gasteiger partial charge in [-0.15, -0.1) is 11.8 Å². The molecular formula is C24H23N3O2S. The van der Waals surface area contributed by atoms with Gasteiger partial charge in [-0.3, -0.25) is 9.59 Å². The van der Waals surface area contributed by atoms with Gasteiger partial charge in [0.25, 0.3) is 0 Å². The fourth-order valence-corrected chi connectivity index (χ4v) is 4.56. The molecule has 0 aliphatic carbocycles. The van der Waals surface area contributed by atoms with Gasteiger partial charge in [-0.05, 0) is 29.8 Å². The molecule has 0 saturated heterocycles. The summed E-state index contributed by atoms with van der Waals surface area (Å²) in [6.07, 6.45) is 0.113. The smallest absolute Gasteiger partial charge is 0.238 e. The summed E-state index contributed by atoms with van der Waals surface area (Å²) in [7, 11) is 2.00. The van der Waals surface area contributed by atoms with Gasteiger partial charge in [-0.2, -0.15) is 0 Å². The number of carbonyl (C=O) groups excluding carboxylic acids is 2. The third-order valence-corrected chi connectivity index (χ3v) is 6.20. The topological polar surface area (TPSA) is 61.4 Å². The first kappa shape index (κ1) is 20.0. The van der Waals surface area contributed by atoms with Crippen LogP contribution >= 0.6 is 11.8 Å². The van der Waals surface area contributed by atoms with E-state index in [2.05, 4.69) is 27.7 Å². The minimum Gasteiger partial charge on any atom is -0.369 e. The van der Waals surface area contributed by atoms with E-state index in [4.69, 9.17) is 0 Å². The Balaban J connectivity index is 1.43. The van der Waals surface area contributed by atoms with Crippen LogP contribution in [-0.4, -0.2) is 24.1 Å². The first-order valence-electron chi connectivity index (χ1n) is 9.80. The molecule has 0 bridgehead atoms. The number of hydrogen-bond donors (Lipinski definition) is 2. The number of hydrogen-bond acceptors (Lipinski definition) is 4. The highest BCUT2D eigenvalue weighted by Gasteiger charge is 2.29. The molecule has 2 N–H and O–H groups in total. The molecule has 6 heteroatoms. The van der Waals surface area contributed by atoms with E-state index in [1.807, 2.05) is 73.8 Å². The molecule has 4 rings (SSSR count). The molecule has 1 unspecified atom stereocenters. The van der Waals surface area contributed by atoms with E-state index in [1.165, 1.54) is 17.3 Å². The van der Waals surface area contributed by atoms with Crippen molar-refractivity contribution in [1.29, 1.82) is 0 Å². The Bertz CT molecular complexity index is 1060. The summed E-state index contributed by atoms with van der Waals surface area (Å²) in [5, 5.41) is 5.43. The minimum atomic E-state index is -0.450. The number of carbonyl (C=O) groups is 2. The van der Waals surface area contributed by atoms with Gasteiger partial charge >= 0.3 is 0 Å². The number of amides is 2. The van der Waals surface area contributed by atoms with Crippen LogP contribution in [0.5, 0.6) is 0 Å². The molecule has 1 heterocycles. The number of anilines is 3. The number of thioether (sulfide) groups is 1. The lowest BCUT2D eigenvalue weighted by Gasteiger charge is -2.25. The highest BCUT2D eigenvalue weighted by atomic mass is 32.2. The maximum absolute atomic E-state index is 12.7. The lowest BCUT2D eigenvalue weighted by atomic mass is 10.2. The monoisotopic (exact) mass is 417 g/mol. The molecule has 0 aromatic heterocycles. The van der Waals surface area contributed by atoms with E-state index in [9.17, 15) is 9.59 Å². The Labute approximate surface area is 180 Å². The van der Waals surface area contributed by atoms with Crippen molar-refractivity contribution in [1.82, 2.24) is 0 Å². The predicted molar refractivity (Wildman–Crippen MR) is 123 cm³/mol. The number of nitrogens with zero attached hydrogens (tertiary/aromatic N) is 1. The molecule has 3 aromatic rings. The molecule has 0 spiro atoms. The average Bonchev–Trinajstić information content (AvgIpc) is 2.75. The normalized spacial score (nSPS) is 15.1. The molecular weight excluding hydrogens is 394 g/mol. The number of para-hydroxylation sites is 3. The van der Waals surface area contributed by atoms with Crippen LogP contribution in [0.25, 0.3) is 0 Å². The molecule has 3 aromatic carbocycles. The first-order valence-corrected chi connectivity index (χ1v) is 10.7. The number of rotatable bonds is 6. The van der Waals surface area contributed by atoms with Crippen molar-refractivity contribution in [2.45, 2.75) is 23.1 Å². The zero-order chi connectivity index (χ0) is 20.9. The molecule has 152 valence electrons. The van der Waals surface area contributed by atoms with E-state index in [0.29, 0.717) is 0 Å². The third kappa shape index (κ3) is 4.66. The van der Waals surface area contributed by atoms with Gasteiger partial charge in [-0.1, -0.05) is 54.6 Å². The largest absolute Gasteiger partial charge is 0.369 e. The van der Waals surface area contributed by atoms with Crippen LogP contribution < -0.4 is 15.5 Å². The van der Waals surface area contributed by atoms with Gasteiger partial charge in [0.2, 0.25) is 11.8 Å². The van der Waals surface area contributed by atoms with E-state index < -0.39 is 5.25 Å². The van der Waals surface area contributed by atoms with Gasteiger partial charge in [0, 0.05) is 24.9 Å². The lowest BCUT2D eigenvalue weighted by Crippen LogP contribution is -2.32. The Morgan fingerprint density at radius 3 is 2.53 bits per heavy atom. The first-order chi connectivity index (χ1) is 14.6. The molecule has 1 aliphatic heterocycles. The fourth-order valence-electron chi connectivity index (χ4n) is 3.45. The van der Waals surface area contributed by atoms with Crippen LogP contribution in [0.1, 0.15) is 12.0 Å². The maximum Gasteiger partial charge on any atom is 0.238 e. The maximum atomic E-state index is 12.7. The van der Waals surface area contributed by atoms with E-state index >= 15 is 0 Å². The van der Waals surface area contributed by atoms with Crippen molar-refractivity contribution in [2.24, 2.45) is 0 Å². The van der Waals surface area contributed by atoms with Crippen LogP contribution in [-0.2, 0) is 16.1 Å². The second-order valence-electron chi connectivity index (χ2n) is 7.20. The summed E-state index contributed by atoms with van der Waals surface area (Å²) in [6.45, 7) is 0.728. The quantitative estimate of drug-likeness (QED) is 0.607. The average molecular weight is 418 g/mol. The van der Waals surface area contributed by atoms with Crippen molar-refractivity contribution in [3.05, 3.63) is 84.4 Å². The van der Waals surface area contributed by atoms with Gasteiger partial charge < -0.3 is 15.5 Å². The van der Waals surface area contributed by atoms with Gasteiger partial charge in [0.1, 0.15) is 0 Å². The van der Waals surface area contributed by atoms with Gasteiger partial charge in [0.05, 0.1) is 22.3 Å². The molecule has 0 radical (unpaired) electrons. The molecule has 0 fully saturated rings. The third-order valence-electron chi connectivity index (χ3n) is 4.93. The fraction of sp³-hybridized carbons (Fsp3) is 0.167. The number of nitrogens with one attached hydrogen (secondary N) is 2. The molecule has 1 aliphatic rings. The molecule has 1 atom stereocenters. The second kappa shape index (κ2) is 9.05. The molecule has 0 saturated carbocycles. The number of benzene rings is 3. The van der Waals surface area contributed by atoms with Crippen LogP contribution in [0.15, 0.2) is 83.8 Å². The Morgan fingerprint density at radius 2 is 1.70 bits per heavy atom. The van der Waals surface area contributed by atoms with Crippen molar-refractivity contribution >= 4 is 40.6 Å². The number of fused-ring (bicyclic) bond motifs is 1. The van der Waals surface area contributed by atoms with E-state index in [0.717, 1.165) is 28.5 Å². The van der Waals surface area contributed by atoms with Crippen molar-refractivity contribution in [2.75, 3.05) is 22.6 Å². The summed E-state index contributed by atoms with van der Waals surface area (Å²) in [5.41, 5.74) is 3.66. The zero-order valence-electron chi connectivity index (χ0n) is 16.7. The van der Waals surface area contributed by atoms with Crippen LogP contribution in [0, 0.1) is 0 Å². The molecule has 5 nitrogen and oxygen atoms in total. The highest BCUT2D eigenvalue weighted by molar-refractivity contribution is 8.01. The Hall–Kier alpha value is -3.25. The summed E-state index contributed by atoms with van der Waals surface area (Å²) in [5.74, 6) is -0.314. The van der Waals surface area contributed by atoms with Crippen molar-refractivity contribution < 1.29 is 9.59 Å². The van der Waals surface area contributed by atoms with E-state index in [1.54, 1.807) is 0 Å². The summed E-state index contributed by atoms with van der Waals surface area (Å²) in [4.78, 5) is 28.2. The second-order valence-corrected chi connectivity index (χ2v) is 8.45. The van der Waals surface area contributed by atoms with Crippen LogP contribution in [0.2, 0.25) is 0 Å². The lowest BCUT2D eigenvalue weighted by molar-refractivity contribution is -0.120. The van der Waals surface area contributed by atoms with E-state index in [-0.39, 0.29) is 18.2 Å². The van der Waals surface area contributed by atoms with Gasteiger partial charge in [-0.25, -0.2) is 0 Å². The van der Waals surface area contributed by atoms with Crippen molar-refractivity contribution in [3.8, 4) is 0 Å². The minimum absolute atomic E-state index is 0.113. The zero-order valence-corrected chi connectivity index (χ0v) is 17.5. The van der Waals surface area contributed by atoms with Gasteiger partial charge in [0.15, 0.2) is 0 Å². The summed E-state index contributed by atoms with van der Waals surface area (Å²) >= 11 is 1.43. The van der Waals surface area contributed by atoms with Crippen LogP contribution in [0.3, 0.4) is 0 Å². The van der Waals surface area contributed by atoms with Crippen LogP contribution in [0.4, 0.5) is 17.1 Å². The summed E-state index contributed by atoms with van der Waals surface area (Å²) < 4.78 is 0. The molecule has 30 heavy (non-hydrogen) atoms. The SMILES string of the molecule is CN(Cc1ccccc1)c1ccccc1NC(=O)CC1Sc2ccccc2NC1=O. The molecule has 2 amide bonds. The standard InChI is InChI=1S/C24H23N3O2S/c1-27(16-17-9-3-2-4-10-17)20-13-7-5-11-18(20)25-23(28)15-22-24(29)26-19-12-6-8-14-21(19)30-22/h2-14,22H,15-16H2,1H3,(H,25,28)(H,26,29). The highest BCUT2D eigenvalue weighted by Crippen LogP contribution is 2.37. The summed E-state index contributed by atoms with van der Waals surface area (Å²) in [6, 6.07) is 25.5.